The van der Waals surface area contributed by atoms with E-state index in [1.54, 1.807) is 13.0 Å². The van der Waals surface area contributed by atoms with Crippen molar-refractivity contribution in [2.24, 2.45) is 0 Å². The fraction of sp³-hybridized carbons (Fsp3) is 0.600. The van der Waals surface area contributed by atoms with Gasteiger partial charge in [-0.2, -0.15) is 0 Å². The average molecular weight is 270 g/mol. The van der Waals surface area contributed by atoms with Gasteiger partial charge in [-0.05, 0) is 32.3 Å². The van der Waals surface area contributed by atoms with Crippen molar-refractivity contribution < 1.29 is 20.4 Å². The molecule has 0 saturated heterocycles. The highest BCUT2D eigenvalue weighted by Crippen LogP contribution is 2.14. The molecule has 0 fully saturated rings. The van der Waals surface area contributed by atoms with Gasteiger partial charge in [0, 0.05) is 6.42 Å². The van der Waals surface area contributed by atoms with E-state index in [1.807, 2.05) is 6.92 Å². The number of rotatable bonds is 9. The first-order valence-corrected chi connectivity index (χ1v) is 6.49. The summed E-state index contributed by atoms with van der Waals surface area (Å²) in [6.45, 7) is 7.05. The van der Waals surface area contributed by atoms with Gasteiger partial charge in [-0.15, -0.1) is 0 Å². The van der Waals surface area contributed by atoms with Crippen LogP contribution in [0.2, 0.25) is 0 Å². The summed E-state index contributed by atoms with van der Waals surface area (Å²) >= 11 is 0. The Labute approximate surface area is 115 Å². The van der Waals surface area contributed by atoms with E-state index in [9.17, 15) is 10.2 Å². The summed E-state index contributed by atoms with van der Waals surface area (Å²) in [7, 11) is 0. The van der Waals surface area contributed by atoms with Crippen LogP contribution in [0.5, 0.6) is 0 Å². The van der Waals surface area contributed by atoms with E-state index in [4.69, 9.17) is 10.2 Å². The quantitative estimate of drug-likeness (QED) is 0.476. The fourth-order valence-corrected chi connectivity index (χ4v) is 1.69. The van der Waals surface area contributed by atoms with Crippen LogP contribution in [-0.4, -0.2) is 45.8 Å². The first kappa shape index (κ1) is 18.1. The Morgan fingerprint density at radius 1 is 1.21 bits per heavy atom. The van der Waals surface area contributed by atoms with Crippen molar-refractivity contribution in [3.8, 4) is 0 Å². The second-order valence-corrected chi connectivity index (χ2v) is 4.89. The molecule has 0 saturated carbocycles. The third kappa shape index (κ3) is 8.72. The minimum absolute atomic E-state index is 0.143. The van der Waals surface area contributed by atoms with Crippen LogP contribution in [-0.2, 0) is 0 Å². The van der Waals surface area contributed by atoms with E-state index in [1.165, 1.54) is 6.08 Å². The zero-order chi connectivity index (χ0) is 14.8. The molecule has 0 spiro atoms. The Hall–Kier alpha value is -0.940. The van der Waals surface area contributed by atoms with Gasteiger partial charge in [0.2, 0.25) is 0 Å². The topological polar surface area (TPSA) is 80.9 Å². The molecule has 110 valence electrons. The predicted octanol–water partition coefficient (Wildman–Crippen LogP) is 1.31. The van der Waals surface area contributed by atoms with Crippen molar-refractivity contribution in [2.75, 3.05) is 13.2 Å². The van der Waals surface area contributed by atoms with Gasteiger partial charge in [-0.3, -0.25) is 0 Å². The van der Waals surface area contributed by atoms with Gasteiger partial charge in [0.25, 0.3) is 0 Å². The molecule has 0 heterocycles. The van der Waals surface area contributed by atoms with E-state index >= 15 is 0 Å². The van der Waals surface area contributed by atoms with Crippen molar-refractivity contribution in [1.82, 2.24) is 0 Å². The van der Waals surface area contributed by atoms with E-state index in [0.29, 0.717) is 24.8 Å². The Morgan fingerprint density at radius 2 is 1.84 bits per heavy atom. The number of aliphatic hydroxyl groups excluding tert-OH is 4. The molecule has 2 unspecified atom stereocenters. The lowest BCUT2D eigenvalue weighted by Crippen LogP contribution is -2.09. The van der Waals surface area contributed by atoms with Crippen molar-refractivity contribution >= 4 is 0 Å². The van der Waals surface area contributed by atoms with Crippen LogP contribution in [0.4, 0.5) is 0 Å². The molecule has 0 rings (SSSR count). The van der Waals surface area contributed by atoms with E-state index in [2.05, 4.69) is 6.58 Å². The molecule has 0 aromatic rings. The number of aliphatic hydroxyl groups is 4. The molecule has 4 nitrogen and oxygen atoms in total. The van der Waals surface area contributed by atoms with Crippen molar-refractivity contribution in [1.29, 1.82) is 0 Å². The molecular weight excluding hydrogens is 244 g/mol. The van der Waals surface area contributed by atoms with Gasteiger partial charge in [0.1, 0.15) is 0 Å². The standard InChI is InChI=1S/C15H26O4/c1-11(2)15(19)5-4-12(3)8-14(18)9-13(10-17)6-7-16/h6,8,14-19H,1,4-5,7,9-10H2,2-3H3. The second kappa shape index (κ2) is 9.92. The first-order chi connectivity index (χ1) is 8.90. The van der Waals surface area contributed by atoms with Gasteiger partial charge in [-0.1, -0.05) is 29.9 Å². The molecule has 0 aromatic heterocycles. The van der Waals surface area contributed by atoms with Gasteiger partial charge in [0.15, 0.2) is 0 Å². The third-order valence-corrected chi connectivity index (χ3v) is 2.91. The smallest absolute Gasteiger partial charge is 0.0761 e. The van der Waals surface area contributed by atoms with Gasteiger partial charge < -0.3 is 20.4 Å². The van der Waals surface area contributed by atoms with Crippen molar-refractivity contribution in [3.63, 3.8) is 0 Å². The van der Waals surface area contributed by atoms with Crippen LogP contribution in [0.15, 0.2) is 35.5 Å². The molecule has 0 aliphatic rings. The highest BCUT2D eigenvalue weighted by molar-refractivity contribution is 5.10. The van der Waals surface area contributed by atoms with Gasteiger partial charge in [0.05, 0.1) is 25.4 Å². The minimum atomic E-state index is -0.688. The molecule has 4 heteroatoms. The van der Waals surface area contributed by atoms with Crippen molar-refractivity contribution in [2.45, 2.75) is 45.3 Å². The van der Waals surface area contributed by atoms with Gasteiger partial charge in [-0.25, -0.2) is 0 Å². The van der Waals surface area contributed by atoms with Crippen LogP contribution in [0.1, 0.15) is 33.1 Å². The molecule has 0 radical (unpaired) electrons. The minimum Gasteiger partial charge on any atom is -0.392 e. The molecular formula is C15H26O4. The Morgan fingerprint density at radius 3 is 2.32 bits per heavy atom. The maximum absolute atomic E-state index is 9.83. The summed E-state index contributed by atoms with van der Waals surface area (Å²) in [4.78, 5) is 0. The highest BCUT2D eigenvalue weighted by atomic mass is 16.3. The zero-order valence-corrected chi connectivity index (χ0v) is 11.8. The Kier molecular flexibility index (Phi) is 9.43. The summed E-state index contributed by atoms with van der Waals surface area (Å²) in [5, 5.41) is 37.2. The van der Waals surface area contributed by atoms with Crippen LogP contribution < -0.4 is 0 Å². The Balaban J connectivity index is 4.27. The summed E-state index contributed by atoms with van der Waals surface area (Å²) in [5.74, 6) is 0. The summed E-state index contributed by atoms with van der Waals surface area (Å²) < 4.78 is 0. The predicted molar refractivity (Wildman–Crippen MR) is 76.7 cm³/mol. The van der Waals surface area contributed by atoms with Crippen LogP contribution in [0.25, 0.3) is 0 Å². The third-order valence-electron chi connectivity index (χ3n) is 2.91. The maximum Gasteiger partial charge on any atom is 0.0761 e. The molecule has 0 aliphatic heterocycles. The lowest BCUT2D eigenvalue weighted by atomic mass is 10.0. The molecule has 19 heavy (non-hydrogen) atoms. The monoisotopic (exact) mass is 270 g/mol. The molecule has 2 atom stereocenters. The summed E-state index contributed by atoms with van der Waals surface area (Å²) in [5.41, 5.74) is 2.33. The summed E-state index contributed by atoms with van der Waals surface area (Å²) in [6.07, 6.45) is 3.59. The van der Waals surface area contributed by atoms with Crippen LogP contribution in [0.3, 0.4) is 0 Å². The van der Waals surface area contributed by atoms with Crippen LogP contribution >= 0.6 is 0 Å². The molecule has 4 N–H and O–H groups in total. The Bertz CT molecular complexity index is 331. The van der Waals surface area contributed by atoms with Crippen molar-refractivity contribution in [3.05, 3.63) is 35.5 Å². The van der Waals surface area contributed by atoms with Crippen LogP contribution in [0, 0.1) is 0 Å². The normalized spacial score (nSPS) is 16.3. The lowest BCUT2D eigenvalue weighted by Gasteiger charge is -2.12. The molecule has 0 bridgehead atoms. The van der Waals surface area contributed by atoms with Gasteiger partial charge >= 0.3 is 0 Å². The maximum atomic E-state index is 9.83. The van der Waals surface area contributed by atoms with E-state index < -0.39 is 12.2 Å². The van der Waals surface area contributed by atoms with E-state index in [0.717, 1.165) is 11.1 Å². The lowest BCUT2D eigenvalue weighted by molar-refractivity contribution is 0.199. The number of allylic oxidation sites excluding steroid dienone is 1. The fourth-order valence-electron chi connectivity index (χ4n) is 1.69. The second-order valence-electron chi connectivity index (χ2n) is 4.89. The number of hydrogen-bond donors (Lipinski definition) is 4. The average Bonchev–Trinajstić information content (AvgIpc) is 2.34. The first-order valence-electron chi connectivity index (χ1n) is 6.49. The zero-order valence-electron chi connectivity index (χ0n) is 11.8. The largest absolute Gasteiger partial charge is 0.392 e. The SMILES string of the molecule is C=C(C)C(O)CCC(C)=CC(O)CC(=CCO)CO. The number of hydrogen-bond acceptors (Lipinski definition) is 4. The molecule has 0 aromatic carbocycles. The highest BCUT2D eigenvalue weighted by Gasteiger charge is 2.07. The molecule has 0 amide bonds. The molecule has 0 aliphatic carbocycles. The van der Waals surface area contributed by atoms with E-state index in [-0.39, 0.29) is 13.2 Å². The summed E-state index contributed by atoms with van der Waals surface area (Å²) in [6, 6.07) is 0.